The highest BCUT2D eigenvalue weighted by Gasteiger charge is 2.32. The number of amides is 1. The van der Waals surface area contributed by atoms with E-state index in [0.717, 1.165) is 29.8 Å². The lowest BCUT2D eigenvalue weighted by molar-refractivity contribution is -0.119. The van der Waals surface area contributed by atoms with E-state index in [9.17, 15) is 26.8 Å². The molecule has 0 unspecified atom stereocenters. The van der Waals surface area contributed by atoms with Crippen LogP contribution in [-0.4, -0.2) is 40.6 Å². The number of rotatable bonds is 7. The molecule has 35 heavy (non-hydrogen) atoms. The van der Waals surface area contributed by atoms with Gasteiger partial charge >= 0.3 is 5.97 Å². The van der Waals surface area contributed by atoms with Crippen LogP contribution < -0.4 is 14.4 Å². The van der Waals surface area contributed by atoms with Crippen LogP contribution in [0.3, 0.4) is 0 Å². The van der Waals surface area contributed by atoms with E-state index in [1.54, 1.807) is 12.1 Å². The van der Waals surface area contributed by atoms with Gasteiger partial charge < -0.3 is 14.8 Å². The average Bonchev–Trinajstić information content (AvgIpc) is 3.29. The predicted molar refractivity (Wildman–Crippen MR) is 123 cm³/mol. The molecule has 1 amide bonds. The van der Waals surface area contributed by atoms with Crippen LogP contribution in [0.2, 0.25) is 0 Å². The predicted octanol–water partition coefficient (Wildman–Crippen LogP) is 3.52. The number of methoxy groups -OCH3 is 1. The standard InChI is InChI=1S/C24H20F2N2O6S/c1-33-22-9-7-17(35(31,32)28-11-10-15-4-2-3-5-21(15)28)13-18(22)24(30)34-14-23(29)27-20-12-16(25)6-8-19(20)26/h2-9,12-13H,10-11,14H2,1H3,(H,27,29). The van der Waals surface area contributed by atoms with Crippen molar-refractivity contribution in [2.45, 2.75) is 11.3 Å². The van der Waals surface area contributed by atoms with Crippen molar-refractivity contribution in [3.63, 3.8) is 0 Å². The van der Waals surface area contributed by atoms with Crippen molar-refractivity contribution in [2.75, 3.05) is 29.9 Å². The van der Waals surface area contributed by atoms with Gasteiger partial charge in [0.15, 0.2) is 6.61 Å². The van der Waals surface area contributed by atoms with E-state index in [1.807, 2.05) is 12.1 Å². The quantitative estimate of drug-likeness (QED) is 0.496. The number of fused-ring (bicyclic) bond motifs is 1. The van der Waals surface area contributed by atoms with Crippen LogP contribution in [0.1, 0.15) is 15.9 Å². The van der Waals surface area contributed by atoms with Crippen LogP contribution in [0.5, 0.6) is 5.75 Å². The van der Waals surface area contributed by atoms with E-state index in [1.165, 1.54) is 23.5 Å². The van der Waals surface area contributed by atoms with E-state index in [0.29, 0.717) is 12.1 Å². The fraction of sp³-hybridized carbons (Fsp3) is 0.167. The fourth-order valence-corrected chi connectivity index (χ4v) is 5.21. The molecule has 0 atom stereocenters. The molecular formula is C24H20F2N2O6S. The third kappa shape index (κ3) is 4.94. The number of hydrogen-bond donors (Lipinski definition) is 1. The Kier molecular flexibility index (Phi) is 6.70. The number of halogens is 2. The minimum Gasteiger partial charge on any atom is -0.496 e. The molecule has 0 saturated heterocycles. The maximum atomic E-state index is 13.7. The van der Waals surface area contributed by atoms with E-state index in [4.69, 9.17) is 9.47 Å². The Balaban J connectivity index is 1.52. The van der Waals surface area contributed by atoms with Gasteiger partial charge in [-0.25, -0.2) is 22.0 Å². The molecule has 0 radical (unpaired) electrons. The van der Waals surface area contributed by atoms with Gasteiger partial charge in [0.1, 0.15) is 22.9 Å². The van der Waals surface area contributed by atoms with Gasteiger partial charge in [0.25, 0.3) is 15.9 Å². The molecule has 11 heteroatoms. The van der Waals surface area contributed by atoms with Gasteiger partial charge in [-0.15, -0.1) is 0 Å². The highest BCUT2D eigenvalue weighted by molar-refractivity contribution is 7.92. The van der Waals surface area contributed by atoms with Crippen molar-refractivity contribution in [3.05, 3.63) is 83.4 Å². The second-order valence-electron chi connectivity index (χ2n) is 7.57. The smallest absolute Gasteiger partial charge is 0.342 e. The first-order chi connectivity index (χ1) is 16.7. The molecule has 1 N–H and O–H groups in total. The number of esters is 1. The van der Waals surface area contributed by atoms with Gasteiger partial charge in [-0.3, -0.25) is 9.10 Å². The van der Waals surface area contributed by atoms with Gasteiger partial charge in [-0.2, -0.15) is 0 Å². The number of carbonyl (C=O) groups is 2. The number of ether oxygens (including phenoxy) is 2. The maximum Gasteiger partial charge on any atom is 0.342 e. The summed E-state index contributed by atoms with van der Waals surface area (Å²) in [4.78, 5) is 24.6. The Morgan fingerprint density at radius 1 is 1.06 bits per heavy atom. The summed E-state index contributed by atoms with van der Waals surface area (Å²) < 4.78 is 65.0. The second kappa shape index (κ2) is 9.71. The molecule has 3 aromatic rings. The van der Waals surface area contributed by atoms with Crippen LogP contribution >= 0.6 is 0 Å². The third-order valence-electron chi connectivity index (χ3n) is 5.36. The van der Waals surface area contributed by atoms with Crippen LogP contribution in [0, 0.1) is 11.6 Å². The molecule has 182 valence electrons. The molecule has 0 aliphatic carbocycles. The molecule has 0 bridgehead atoms. The number of sulfonamides is 1. The van der Waals surface area contributed by atoms with Crippen LogP contribution in [0.15, 0.2) is 65.6 Å². The minimum atomic E-state index is -4.00. The highest BCUT2D eigenvalue weighted by atomic mass is 32.2. The average molecular weight is 502 g/mol. The van der Waals surface area contributed by atoms with Crippen molar-refractivity contribution in [2.24, 2.45) is 0 Å². The van der Waals surface area contributed by atoms with Crippen molar-refractivity contribution < 1.29 is 36.3 Å². The topological polar surface area (TPSA) is 102 Å². The van der Waals surface area contributed by atoms with Crippen LogP contribution in [-0.2, 0) is 26.0 Å². The van der Waals surface area contributed by atoms with Crippen LogP contribution in [0.25, 0.3) is 0 Å². The summed E-state index contributed by atoms with van der Waals surface area (Å²) in [5.41, 5.74) is 0.826. The first kappa shape index (κ1) is 24.1. The van der Waals surface area contributed by atoms with E-state index >= 15 is 0 Å². The molecular weight excluding hydrogens is 482 g/mol. The molecule has 3 aromatic carbocycles. The van der Waals surface area contributed by atoms with E-state index < -0.39 is 45.8 Å². The number of nitrogens with zero attached hydrogens (tertiary/aromatic N) is 1. The normalized spacial score (nSPS) is 12.7. The Morgan fingerprint density at radius 2 is 1.83 bits per heavy atom. The Morgan fingerprint density at radius 3 is 2.60 bits per heavy atom. The second-order valence-corrected chi connectivity index (χ2v) is 9.43. The zero-order valence-corrected chi connectivity index (χ0v) is 19.3. The number of anilines is 2. The number of benzene rings is 3. The van der Waals surface area contributed by atoms with Gasteiger partial charge in [-0.1, -0.05) is 18.2 Å². The summed E-state index contributed by atoms with van der Waals surface area (Å²) in [6, 6.07) is 13.4. The molecule has 1 heterocycles. The summed E-state index contributed by atoms with van der Waals surface area (Å²) in [5.74, 6) is -3.54. The molecule has 1 aliphatic heterocycles. The number of hydrogen-bond acceptors (Lipinski definition) is 6. The summed E-state index contributed by atoms with van der Waals surface area (Å²) >= 11 is 0. The monoisotopic (exact) mass is 502 g/mol. The molecule has 1 aliphatic rings. The number of carbonyl (C=O) groups excluding carboxylic acids is 2. The lowest BCUT2D eigenvalue weighted by Gasteiger charge is -2.20. The first-order valence-corrected chi connectivity index (χ1v) is 11.9. The Hall–Kier alpha value is -3.99. The Labute approximate surface area is 200 Å². The molecule has 0 spiro atoms. The van der Waals surface area contributed by atoms with E-state index in [2.05, 4.69) is 5.32 Å². The fourth-order valence-electron chi connectivity index (χ4n) is 3.68. The van der Waals surface area contributed by atoms with Crippen LogP contribution in [0.4, 0.5) is 20.2 Å². The first-order valence-electron chi connectivity index (χ1n) is 10.4. The lowest BCUT2D eigenvalue weighted by atomic mass is 10.2. The zero-order chi connectivity index (χ0) is 25.2. The minimum absolute atomic E-state index is 0.0346. The number of para-hydroxylation sites is 1. The SMILES string of the molecule is COc1ccc(S(=O)(=O)N2CCc3ccccc32)cc1C(=O)OCC(=O)Nc1cc(F)ccc1F. The summed E-state index contributed by atoms with van der Waals surface area (Å²) in [6.45, 7) is -0.571. The van der Waals surface area contributed by atoms with Crippen molar-refractivity contribution in [1.82, 2.24) is 0 Å². The molecule has 4 rings (SSSR count). The molecule has 0 saturated carbocycles. The number of nitrogens with one attached hydrogen (secondary N) is 1. The zero-order valence-electron chi connectivity index (χ0n) is 18.5. The van der Waals surface area contributed by atoms with Gasteiger partial charge in [0, 0.05) is 12.6 Å². The largest absolute Gasteiger partial charge is 0.496 e. The molecule has 8 nitrogen and oxygen atoms in total. The summed E-state index contributed by atoms with van der Waals surface area (Å²) in [7, 11) is -2.71. The van der Waals surface area contributed by atoms with Crippen molar-refractivity contribution >= 4 is 33.3 Å². The lowest BCUT2D eigenvalue weighted by Crippen LogP contribution is -2.29. The van der Waals surface area contributed by atoms with Crippen molar-refractivity contribution in [3.8, 4) is 5.75 Å². The molecule has 0 fully saturated rings. The van der Waals surface area contributed by atoms with Gasteiger partial charge in [0.2, 0.25) is 0 Å². The summed E-state index contributed by atoms with van der Waals surface area (Å²) in [5, 5.41) is 2.10. The van der Waals surface area contributed by atoms with Gasteiger partial charge in [-0.05, 0) is 48.4 Å². The van der Waals surface area contributed by atoms with E-state index in [-0.39, 0.29) is 22.8 Å². The summed E-state index contributed by atoms with van der Waals surface area (Å²) in [6.07, 6.45) is 0.557. The van der Waals surface area contributed by atoms with Crippen molar-refractivity contribution in [1.29, 1.82) is 0 Å². The maximum absolute atomic E-state index is 13.7. The Bertz CT molecular complexity index is 1410. The van der Waals surface area contributed by atoms with Gasteiger partial charge in [0.05, 0.1) is 23.4 Å². The third-order valence-corrected chi connectivity index (χ3v) is 7.17. The highest BCUT2D eigenvalue weighted by Crippen LogP contribution is 2.34. The molecule has 0 aromatic heterocycles.